The highest BCUT2D eigenvalue weighted by molar-refractivity contribution is 5.85. The van der Waals surface area contributed by atoms with E-state index in [4.69, 9.17) is 15.7 Å². The van der Waals surface area contributed by atoms with Crippen molar-refractivity contribution in [3.8, 4) is 11.8 Å². The van der Waals surface area contributed by atoms with E-state index in [-0.39, 0.29) is 12.4 Å². The van der Waals surface area contributed by atoms with Crippen molar-refractivity contribution in [3.63, 3.8) is 0 Å². The molecular formula is C18H19ClN2O3. The minimum atomic E-state index is -0.662. The third-order valence-electron chi connectivity index (χ3n) is 3.37. The van der Waals surface area contributed by atoms with Crippen LogP contribution in [0.25, 0.3) is 0 Å². The highest BCUT2D eigenvalue weighted by atomic mass is 35.5. The molecule has 0 saturated carbocycles. The molecule has 0 spiro atoms. The van der Waals surface area contributed by atoms with E-state index in [1.165, 1.54) is 7.11 Å². The number of methoxy groups -OCH3 is 1. The van der Waals surface area contributed by atoms with Crippen molar-refractivity contribution in [2.45, 2.75) is 19.1 Å². The van der Waals surface area contributed by atoms with Crippen LogP contribution in [0.5, 0.6) is 5.75 Å². The first-order valence-electron chi connectivity index (χ1n) is 7.16. The maximum atomic E-state index is 11.3. The van der Waals surface area contributed by atoms with Crippen LogP contribution in [-0.2, 0) is 22.6 Å². The second kappa shape index (κ2) is 9.56. The van der Waals surface area contributed by atoms with E-state index in [1.807, 2.05) is 36.4 Å². The summed E-state index contributed by atoms with van der Waals surface area (Å²) in [5.74, 6) is 0.302. The molecule has 0 unspecified atom stereocenters. The Hall–Kier alpha value is -2.55. The van der Waals surface area contributed by atoms with E-state index in [2.05, 4.69) is 10.8 Å². The SMILES string of the molecule is COC(=O)[C@@H](N)Cc1ccc(OCc2ccc(C#N)cc2)cc1.Cl. The molecule has 2 rings (SSSR count). The number of nitriles is 1. The molecule has 0 saturated heterocycles. The summed E-state index contributed by atoms with van der Waals surface area (Å²) in [5.41, 5.74) is 8.28. The zero-order valence-corrected chi connectivity index (χ0v) is 14.1. The van der Waals surface area contributed by atoms with Crippen molar-refractivity contribution in [1.29, 1.82) is 5.26 Å². The van der Waals surface area contributed by atoms with Crippen LogP contribution in [0.1, 0.15) is 16.7 Å². The van der Waals surface area contributed by atoms with Crippen LogP contribution in [0.3, 0.4) is 0 Å². The predicted molar refractivity (Wildman–Crippen MR) is 92.9 cm³/mol. The van der Waals surface area contributed by atoms with Gasteiger partial charge in [0.1, 0.15) is 18.4 Å². The van der Waals surface area contributed by atoms with Crippen LogP contribution in [0.15, 0.2) is 48.5 Å². The van der Waals surface area contributed by atoms with Crippen LogP contribution >= 0.6 is 12.4 Å². The molecule has 1 atom stereocenters. The Bertz CT molecular complexity index is 694. The molecule has 0 aromatic heterocycles. The van der Waals surface area contributed by atoms with E-state index in [9.17, 15) is 4.79 Å². The Balaban J connectivity index is 0.00000288. The molecular weight excluding hydrogens is 328 g/mol. The molecule has 0 amide bonds. The average molecular weight is 347 g/mol. The lowest BCUT2D eigenvalue weighted by Crippen LogP contribution is -2.33. The molecule has 24 heavy (non-hydrogen) atoms. The number of nitrogens with zero attached hydrogens (tertiary/aromatic N) is 1. The first-order chi connectivity index (χ1) is 11.1. The number of nitrogens with two attached hydrogens (primary N) is 1. The Kier molecular flexibility index (Phi) is 7.76. The van der Waals surface area contributed by atoms with Crippen molar-refractivity contribution in [2.75, 3.05) is 7.11 Å². The molecule has 0 bridgehead atoms. The quantitative estimate of drug-likeness (QED) is 0.812. The Morgan fingerprint density at radius 3 is 2.25 bits per heavy atom. The van der Waals surface area contributed by atoms with E-state index >= 15 is 0 Å². The second-order valence-corrected chi connectivity index (χ2v) is 5.08. The molecule has 0 aliphatic rings. The minimum Gasteiger partial charge on any atom is -0.489 e. The summed E-state index contributed by atoms with van der Waals surface area (Å²) >= 11 is 0. The highest BCUT2D eigenvalue weighted by Gasteiger charge is 2.13. The first-order valence-corrected chi connectivity index (χ1v) is 7.16. The van der Waals surface area contributed by atoms with E-state index in [1.54, 1.807) is 12.1 Å². The summed E-state index contributed by atoms with van der Waals surface area (Å²) in [5, 5.41) is 8.76. The van der Waals surface area contributed by atoms with Gasteiger partial charge in [-0.25, -0.2) is 0 Å². The van der Waals surface area contributed by atoms with Gasteiger partial charge in [0, 0.05) is 0 Å². The van der Waals surface area contributed by atoms with Gasteiger partial charge in [-0.1, -0.05) is 24.3 Å². The highest BCUT2D eigenvalue weighted by Crippen LogP contribution is 2.15. The van der Waals surface area contributed by atoms with Crippen LogP contribution < -0.4 is 10.5 Å². The fourth-order valence-corrected chi connectivity index (χ4v) is 2.05. The number of ether oxygens (including phenoxy) is 2. The van der Waals surface area contributed by atoms with E-state index in [0.29, 0.717) is 18.6 Å². The Labute approximate surface area is 147 Å². The maximum Gasteiger partial charge on any atom is 0.322 e. The summed E-state index contributed by atoms with van der Waals surface area (Å²) in [6, 6.07) is 16.1. The molecule has 0 radical (unpaired) electrons. The fourth-order valence-electron chi connectivity index (χ4n) is 2.05. The maximum absolute atomic E-state index is 11.3. The molecule has 0 heterocycles. The molecule has 0 aliphatic heterocycles. The summed E-state index contributed by atoms with van der Waals surface area (Å²) in [4.78, 5) is 11.3. The van der Waals surface area contributed by atoms with Crippen LogP contribution in [0.4, 0.5) is 0 Å². The topological polar surface area (TPSA) is 85.3 Å². The van der Waals surface area contributed by atoms with Gasteiger partial charge in [0.15, 0.2) is 0 Å². The second-order valence-electron chi connectivity index (χ2n) is 5.08. The number of hydrogen-bond donors (Lipinski definition) is 1. The molecule has 2 N–H and O–H groups in total. The average Bonchev–Trinajstić information content (AvgIpc) is 2.60. The number of carbonyl (C=O) groups is 1. The smallest absolute Gasteiger partial charge is 0.322 e. The van der Waals surface area contributed by atoms with Crippen molar-refractivity contribution < 1.29 is 14.3 Å². The van der Waals surface area contributed by atoms with E-state index < -0.39 is 12.0 Å². The van der Waals surface area contributed by atoms with Crippen molar-refractivity contribution in [3.05, 3.63) is 65.2 Å². The van der Waals surface area contributed by atoms with Crippen LogP contribution in [-0.4, -0.2) is 19.1 Å². The third-order valence-corrected chi connectivity index (χ3v) is 3.37. The number of carbonyl (C=O) groups excluding carboxylic acids is 1. The van der Waals surface area contributed by atoms with Gasteiger partial charge in [-0.2, -0.15) is 5.26 Å². The summed E-state index contributed by atoms with van der Waals surface area (Å²) in [6.45, 7) is 0.423. The van der Waals surface area contributed by atoms with Gasteiger partial charge in [-0.05, 0) is 41.8 Å². The summed E-state index contributed by atoms with van der Waals surface area (Å²) < 4.78 is 10.3. The van der Waals surface area contributed by atoms with Gasteiger partial charge < -0.3 is 15.2 Å². The zero-order chi connectivity index (χ0) is 16.7. The van der Waals surface area contributed by atoms with Gasteiger partial charge in [-0.3, -0.25) is 4.79 Å². The van der Waals surface area contributed by atoms with Gasteiger partial charge in [-0.15, -0.1) is 12.4 Å². The number of benzene rings is 2. The van der Waals surface area contributed by atoms with Gasteiger partial charge in [0.2, 0.25) is 0 Å². The summed E-state index contributed by atoms with van der Waals surface area (Å²) in [7, 11) is 1.32. The molecule has 2 aromatic carbocycles. The van der Waals surface area contributed by atoms with Crippen molar-refractivity contribution in [2.24, 2.45) is 5.73 Å². The van der Waals surface area contributed by atoms with Gasteiger partial charge >= 0.3 is 5.97 Å². The molecule has 2 aromatic rings. The molecule has 0 fully saturated rings. The zero-order valence-electron chi connectivity index (χ0n) is 13.3. The largest absolute Gasteiger partial charge is 0.489 e. The number of hydrogen-bond acceptors (Lipinski definition) is 5. The standard InChI is InChI=1S/C18H18N2O3.ClH/c1-22-18(21)17(20)10-13-6-8-16(9-7-13)23-12-15-4-2-14(11-19)3-5-15;/h2-9,17H,10,12,20H2,1H3;1H/t17-;/m0./s1. The van der Waals surface area contributed by atoms with Gasteiger partial charge in [0.25, 0.3) is 0 Å². The lowest BCUT2D eigenvalue weighted by molar-refractivity contribution is -0.142. The fraction of sp³-hybridized carbons (Fsp3) is 0.222. The van der Waals surface area contributed by atoms with Crippen molar-refractivity contribution >= 4 is 18.4 Å². The molecule has 0 aliphatic carbocycles. The summed E-state index contributed by atoms with van der Waals surface area (Å²) in [6.07, 6.45) is 0.419. The first kappa shape index (κ1) is 19.5. The molecule has 5 nitrogen and oxygen atoms in total. The Morgan fingerprint density at radius 1 is 1.12 bits per heavy atom. The number of halogens is 1. The van der Waals surface area contributed by atoms with Crippen LogP contribution in [0.2, 0.25) is 0 Å². The number of rotatable bonds is 6. The minimum absolute atomic E-state index is 0. The van der Waals surface area contributed by atoms with Crippen molar-refractivity contribution in [1.82, 2.24) is 0 Å². The third kappa shape index (κ3) is 5.58. The normalized spacial score (nSPS) is 10.9. The number of esters is 1. The lowest BCUT2D eigenvalue weighted by atomic mass is 10.1. The molecule has 126 valence electrons. The van der Waals surface area contributed by atoms with E-state index in [0.717, 1.165) is 16.9 Å². The predicted octanol–water partition coefficient (Wildman–Crippen LogP) is 2.60. The monoisotopic (exact) mass is 346 g/mol. The van der Waals surface area contributed by atoms with Crippen LogP contribution in [0, 0.1) is 11.3 Å². The Morgan fingerprint density at radius 2 is 1.71 bits per heavy atom. The van der Waals surface area contributed by atoms with Gasteiger partial charge in [0.05, 0.1) is 18.7 Å². The molecule has 6 heteroatoms. The lowest BCUT2D eigenvalue weighted by Gasteiger charge is -2.10.